The minimum atomic E-state index is -3.73. The Morgan fingerprint density at radius 3 is 2.38 bits per heavy atom. The van der Waals surface area contributed by atoms with Crippen LogP contribution >= 0.6 is 0 Å². The van der Waals surface area contributed by atoms with Crippen molar-refractivity contribution in [3.8, 4) is 0 Å². The molecular formula is C19H24N2O4S. The number of hydrogen-bond acceptors (Lipinski definition) is 4. The van der Waals surface area contributed by atoms with Crippen LogP contribution in [0, 0.1) is 13.8 Å². The lowest BCUT2D eigenvalue weighted by Gasteiger charge is -2.14. The number of methoxy groups -OCH3 is 1. The molecule has 0 heterocycles. The minimum absolute atomic E-state index is 0.0971. The van der Waals surface area contributed by atoms with E-state index in [9.17, 15) is 13.2 Å². The van der Waals surface area contributed by atoms with Gasteiger partial charge in [0.15, 0.2) is 0 Å². The summed E-state index contributed by atoms with van der Waals surface area (Å²) in [6.45, 7) is 6.01. The Morgan fingerprint density at radius 2 is 1.77 bits per heavy atom. The van der Waals surface area contributed by atoms with E-state index in [1.165, 1.54) is 24.3 Å². The van der Waals surface area contributed by atoms with E-state index in [0.717, 1.165) is 11.1 Å². The zero-order chi connectivity index (χ0) is 19.3. The summed E-state index contributed by atoms with van der Waals surface area (Å²) in [6.07, 6.45) is 0. The second-order valence-electron chi connectivity index (χ2n) is 6.21. The molecule has 2 rings (SSSR count). The van der Waals surface area contributed by atoms with E-state index in [-0.39, 0.29) is 16.8 Å². The number of benzene rings is 2. The third-order valence-electron chi connectivity index (χ3n) is 4.07. The maximum absolute atomic E-state index is 12.6. The summed E-state index contributed by atoms with van der Waals surface area (Å²) in [6, 6.07) is 11.1. The number of nitrogens with one attached hydrogen (secondary N) is 2. The number of aryl methyl sites for hydroxylation is 1. The van der Waals surface area contributed by atoms with Gasteiger partial charge in [0.05, 0.1) is 17.2 Å². The van der Waals surface area contributed by atoms with Crippen LogP contribution in [0.5, 0.6) is 0 Å². The summed E-state index contributed by atoms with van der Waals surface area (Å²) in [5.74, 6) is -0.277. The lowest BCUT2D eigenvalue weighted by atomic mass is 10.1. The molecule has 0 saturated heterocycles. The second-order valence-corrected chi connectivity index (χ2v) is 7.89. The lowest BCUT2D eigenvalue weighted by Crippen LogP contribution is -2.35. The van der Waals surface area contributed by atoms with Gasteiger partial charge in [0.1, 0.15) is 0 Å². The van der Waals surface area contributed by atoms with Crippen molar-refractivity contribution >= 4 is 21.6 Å². The standard InChI is InChI=1S/C19H24N2O4S/c1-13-6-5-7-18(15(13)3)21-26(23,24)17-10-8-16(9-11-17)19(22)20-14(2)12-25-4/h5-11,14,21H,12H2,1-4H3,(H,20,22). The number of anilines is 1. The van der Waals surface area contributed by atoms with Crippen molar-refractivity contribution < 1.29 is 17.9 Å². The van der Waals surface area contributed by atoms with Crippen molar-refractivity contribution in [2.75, 3.05) is 18.4 Å². The van der Waals surface area contributed by atoms with Crippen LogP contribution in [0.2, 0.25) is 0 Å². The molecule has 6 nitrogen and oxygen atoms in total. The van der Waals surface area contributed by atoms with Gasteiger partial charge in [0.2, 0.25) is 0 Å². The van der Waals surface area contributed by atoms with Crippen LogP contribution in [0.1, 0.15) is 28.4 Å². The number of carbonyl (C=O) groups is 1. The molecule has 0 aromatic heterocycles. The largest absolute Gasteiger partial charge is 0.383 e. The molecule has 0 aliphatic rings. The van der Waals surface area contributed by atoms with Gasteiger partial charge in [0, 0.05) is 18.7 Å². The van der Waals surface area contributed by atoms with E-state index in [2.05, 4.69) is 10.0 Å². The van der Waals surface area contributed by atoms with Crippen molar-refractivity contribution in [2.24, 2.45) is 0 Å². The van der Waals surface area contributed by atoms with Crippen molar-refractivity contribution in [1.82, 2.24) is 5.32 Å². The fourth-order valence-electron chi connectivity index (χ4n) is 2.45. The molecule has 0 aliphatic heterocycles. The Bertz CT molecular complexity index is 877. The molecule has 2 aromatic rings. The van der Waals surface area contributed by atoms with Gasteiger partial charge in [-0.15, -0.1) is 0 Å². The first-order valence-electron chi connectivity index (χ1n) is 8.23. The van der Waals surface area contributed by atoms with E-state index in [4.69, 9.17) is 4.74 Å². The van der Waals surface area contributed by atoms with E-state index in [1.807, 2.05) is 26.8 Å². The lowest BCUT2D eigenvalue weighted by molar-refractivity contribution is 0.0905. The number of amides is 1. The molecule has 0 aliphatic carbocycles. The SMILES string of the molecule is COCC(C)NC(=O)c1ccc(S(=O)(=O)Nc2cccc(C)c2C)cc1. The number of carbonyl (C=O) groups excluding carboxylic acids is 1. The number of ether oxygens (including phenoxy) is 1. The van der Waals surface area contributed by atoms with Gasteiger partial charge in [0.25, 0.3) is 15.9 Å². The van der Waals surface area contributed by atoms with Gasteiger partial charge in [-0.2, -0.15) is 0 Å². The zero-order valence-corrected chi connectivity index (χ0v) is 16.2. The minimum Gasteiger partial charge on any atom is -0.383 e. The van der Waals surface area contributed by atoms with Crippen LogP contribution in [0.4, 0.5) is 5.69 Å². The third kappa shape index (κ3) is 4.83. The molecule has 1 atom stereocenters. The van der Waals surface area contributed by atoms with Gasteiger partial charge in [-0.1, -0.05) is 12.1 Å². The Labute approximate surface area is 154 Å². The van der Waals surface area contributed by atoms with Crippen LogP contribution < -0.4 is 10.0 Å². The topological polar surface area (TPSA) is 84.5 Å². The fraction of sp³-hybridized carbons (Fsp3) is 0.316. The molecule has 0 fully saturated rings. The highest BCUT2D eigenvalue weighted by molar-refractivity contribution is 7.92. The normalized spacial score (nSPS) is 12.5. The number of sulfonamides is 1. The van der Waals surface area contributed by atoms with Crippen LogP contribution in [0.25, 0.3) is 0 Å². The molecule has 0 spiro atoms. The van der Waals surface area contributed by atoms with Crippen LogP contribution in [-0.2, 0) is 14.8 Å². The predicted octanol–water partition coefficient (Wildman–Crippen LogP) is 2.87. The summed E-state index contributed by atoms with van der Waals surface area (Å²) < 4.78 is 32.7. The first-order chi connectivity index (χ1) is 12.2. The molecule has 0 saturated carbocycles. The second kappa shape index (κ2) is 8.33. The predicted molar refractivity (Wildman–Crippen MR) is 102 cm³/mol. The van der Waals surface area contributed by atoms with Crippen molar-refractivity contribution in [3.05, 3.63) is 59.2 Å². The quantitative estimate of drug-likeness (QED) is 0.778. The Hall–Kier alpha value is -2.38. The maximum atomic E-state index is 12.6. The first-order valence-corrected chi connectivity index (χ1v) is 9.72. The molecule has 2 N–H and O–H groups in total. The summed E-state index contributed by atoms with van der Waals surface area (Å²) in [7, 11) is -2.17. The van der Waals surface area contributed by atoms with Crippen LogP contribution in [0.15, 0.2) is 47.4 Å². The molecule has 140 valence electrons. The van der Waals surface area contributed by atoms with Gasteiger partial charge in [-0.25, -0.2) is 8.42 Å². The highest BCUT2D eigenvalue weighted by Gasteiger charge is 2.17. The van der Waals surface area contributed by atoms with Crippen molar-refractivity contribution in [2.45, 2.75) is 31.7 Å². The van der Waals surface area contributed by atoms with Crippen LogP contribution in [0.3, 0.4) is 0 Å². The van der Waals surface area contributed by atoms with Gasteiger partial charge < -0.3 is 10.1 Å². The molecule has 1 amide bonds. The Kier molecular flexibility index (Phi) is 6.39. The van der Waals surface area contributed by atoms with Crippen molar-refractivity contribution in [3.63, 3.8) is 0 Å². The van der Waals surface area contributed by atoms with Gasteiger partial charge in [-0.3, -0.25) is 9.52 Å². The van der Waals surface area contributed by atoms with Crippen molar-refractivity contribution in [1.29, 1.82) is 0 Å². The molecule has 2 aromatic carbocycles. The first kappa shape index (κ1) is 19.9. The van der Waals surface area contributed by atoms with Crippen LogP contribution in [-0.4, -0.2) is 34.1 Å². The smallest absolute Gasteiger partial charge is 0.261 e. The molecule has 1 unspecified atom stereocenters. The summed E-state index contributed by atoms with van der Waals surface area (Å²) in [5, 5.41) is 2.78. The Balaban J connectivity index is 2.16. The maximum Gasteiger partial charge on any atom is 0.261 e. The molecule has 26 heavy (non-hydrogen) atoms. The van der Waals surface area contributed by atoms with Gasteiger partial charge in [-0.05, 0) is 62.2 Å². The summed E-state index contributed by atoms with van der Waals surface area (Å²) in [5.41, 5.74) is 2.81. The van der Waals surface area contributed by atoms with E-state index >= 15 is 0 Å². The highest BCUT2D eigenvalue weighted by Crippen LogP contribution is 2.22. The molecule has 7 heteroatoms. The number of hydrogen-bond donors (Lipinski definition) is 2. The number of rotatable bonds is 7. The summed E-state index contributed by atoms with van der Waals surface area (Å²) >= 11 is 0. The van der Waals surface area contributed by atoms with E-state index < -0.39 is 10.0 Å². The summed E-state index contributed by atoms with van der Waals surface area (Å²) in [4.78, 5) is 12.2. The molecular weight excluding hydrogens is 352 g/mol. The molecule has 0 bridgehead atoms. The van der Waals surface area contributed by atoms with E-state index in [1.54, 1.807) is 19.2 Å². The monoisotopic (exact) mass is 376 g/mol. The molecule has 0 radical (unpaired) electrons. The highest BCUT2D eigenvalue weighted by atomic mass is 32.2. The third-order valence-corrected chi connectivity index (χ3v) is 5.45. The van der Waals surface area contributed by atoms with Gasteiger partial charge >= 0.3 is 0 Å². The zero-order valence-electron chi connectivity index (χ0n) is 15.4. The van der Waals surface area contributed by atoms with E-state index in [0.29, 0.717) is 17.9 Å². The average Bonchev–Trinajstić information content (AvgIpc) is 2.59. The average molecular weight is 376 g/mol. The Morgan fingerprint density at radius 1 is 1.12 bits per heavy atom. The fourth-order valence-corrected chi connectivity index (χ4v) is 3.57.